The van der Waals surface area contributed by atoms with E-state index in [1.807, 2.05) is 5.92 Å². The number of hydrogen-bond acceptors (Lipinski definition) is 3. The van der Waals surface area contributed by atoms with E-state index in [4.69, 9.17) is 4.74 Å². The maximum Gasteiger partial charge on any atom is 1.00 e. The van der Waals surface area contributed by atoms with Crippen molar-refractivity contribution in [1.82, 2.24) is 0 Å². The predicted octanol–water partition coefficient (Wildman–Crippen LogP) is -3.83. The second-order valence-corrected chi connectivity index (χ2v) is 2.25. The average molecular weight is 148 g/mol. The molecule has 4 heteroatoms. The summed E-state index contributed by atoms with van der Waals surface area (Å²) in [5.41, 5.74) is -0.708. The molecule has 0 aromatic rings. The molecule has 0 aromatic heterocycles. The molecule has 0 amide bonds. The van der Waals surface area contributed by atoms with Crippen LogP contribution in [0.15, 0.2) is 0 Å². The molecule has 0 bridgehead atoms. The number of hydrogen-bond donors (Lipinski definition) is 0. The molecule has 56 valence electrons. The fraction of sp³-hybridized carbons (Fsp3) is 0.571. The van der Waals surface area contributed by atoms with Crippen molar-refractivity contribution >= 4 is 5.97 Å². The standard InChI is InChI=1S/C7H10O3.Li/c1-7(2,10-3)5-4-6(8)9;/h1-3H3,(H,8,9);/q;+1/p-1. The predicted molar refractivity (Wildman–Crippen MR) is 33.9 cm³/mol. The third-order valence-electron chi connectivity index (χ3n) is 0.976. The minimum absolute atomic E-state index is 0. The van der Waals surface area contributed by atoms with Gasteiger partial charge in [-0.1, -0.05) is 5.92 Å². The molecule has 0 radical (unpaired) electrons. The van der Waals surface area contributed by atoms with Gasteiger partial charge in [0.15, 0.2) is 0 Å². The van der Waals surface area contributed by atoms with Crippen LogP contribution >= 0.6 is 0 Å². The van der Waals surface area contributed by atoms with Crippen LogP contribution in [0, 0.1) is 11.8 Å². The Labute approximate surface area is 78.3 Å². The molecule has 0 aliphatic carbocycles. The fourth-order valence-electron chi connectivity index (χ4n) is 0.253. The molecule has 0 rings (SSSR count). The molecule has 0 fully saturated rings. The first-order chi connectivity index (χ1) is 4.48. The van der Waals surface area contributed by atoms with Crippen molar-refractivity contribution in [3.63, 3.8) is 0 Å². The monoisotopic (exact) mass is 148 g/mol. The topological polar surface area (TPSA) is 49.4 Å². The molecule has 0 heterocycles. The minimum atomic E-state index is -1.38. The number of rotatable bonds is 1. The van der Waals surface area contributed by atoms with Crippen LogP contribution in [0.4, 0.5) is 0 Å². The maximum absolute atomic E-state index is 9.82. The third kappa shape index (κ3) is 7.48. The molecule has 0 aliphatic rings. The summed E-state index contributed by atoms with van der Waals surface area (Å²) in [6.07, 6.45) is 0. The van der Waals surface area contributed by atoms with Gasteiger partial charge in [0, 0.05) is 7.11 Å². The Balaban J connectivity index is 0. The van der Waals surface area contributed by atoms with Crippen molar-refractivity contribution in [2.75, 3.05) is 7.11 Å². The summed E-state index contributed by atoms with van der Waals surface area (Å²) >= 11 is 0. The first-order valence-electron chi connectivity index (χ1n) is 2.77. The normalized spacial score (nSPS) is 9.00. The summed E-state index contributed by atoms with van der Waals surface area (Å²) in [5, 5.41) is 9.82. The van der Waals surface area contributed by atoms with E-state index >= 15 is 0 Å². The van der Waals surface area contributed by atoms with Gasteiger partial charge in [-0.25, -0.2) is 0 Å². The van der Waals surface area contributed by atoms with E-state index in [-0.39, 0.29) is 18.9 Å². The molecule has 0 aromatic carbocycles. The molecule has 0 N–H and O–H groups in total. The molecule has 0 saturated carbocycles. The van der Waals surface area contributed by atoms with Crippen LogP contribution in [-0.2, 0) is 9.53 Å². The summed E-state index contributed by atoms with van der Waals surface area (Å²) < 4.78 is 4.82. The maximum atomic E-state index is 9.82. The van der Waals surface area contributed by atoms with Gasteiger partial charge in [0.25, 0.3) is 0 Å². The van der Waals surface area contributed by atoms with Gasteiger partial charge in [-0.3, -0.25) is 0 Å². The SMILES string of the molecule is COC(C)(C)C#CC(=O)[O-].[Li+]. The number of ether oxygens (including phenoxy) is 1. The van der Waals surface area contributed by atoms with E-state index in [2.05, 4.69) is 5.92 Å². The zero-order valence-corrected chi connectivity index (χ0v) is 7.22. The Hall–Kier alpha value is -0.413. The number of carbonyl (C=O) groups excluding carboxylic acids is 1. The second kappa shape index (κ2) is 5.27. The smallest absolute Gasteiger partial charge is 0.537 e. The summed E-state index contributed by atoms with van der Waals surface area (Å²) in [7, 11) is 1.46. The van der Waals surface area contributed by atoms with Crippen LogP contribution in [0.2, 0.25) is 0 Å². The van der Waals surface area contributed by atoms with E-state index in [0.717, 1.165) is 0 Å². The van der Waals surface area contributed by atoms with Gasteiger partial charge in [0.1, 0.15) is 11.6 Å². The third-order valence-corrected chi connectivity index (χ3v) is 0.976. The van der Waals surface area contributed by atoms with Gasteiger partial charge in [-0.15, -0.1) is 0 Å². The van der Waals surface area contributed by atoms with Gasteiger partial charge in [0.05, 0.1) is 0 Å². The second-order valence-electron chi connectivity index (χ2n) is 2.25. The molecule has 3 nitrogen and oxygen atoms in total. The summed E-state index contributed by atoms with van der Waals surface area (Å²) in [6, 6.07) is 0. The zero-order chi connectivity index (χ0) is 8.20. The molecule has 0 atom stereocenters. The number of methoxy groups -OCH3 is 1. The fourth-order valence-corrected chi connectivity index (χ4v) is 0.253. The van der Waals surface area contributed by atoms with Crippen LogP contribution in [0.25, 0.3) is 0 Å². The average Bonchev–Trinajstić information content (AvgIpc) is 1.85. The molecular formula is C7H9LiO3. The van der Waals surface area contributed by atoms with E-state index in [1.165, 1.54) is 7.11 Å². The molecule has 11 heavy (non-hydrogen) atoms. The largest absolute Gasteiger partial charge is 1.00 e. The van der Waals surface area contributed by atoms with Crippen molar-refractivity contribution in [3.05, 3.63) is 0 Å². The quantitative estimate of drug-likeness (QED) is 0.283. The van der Waals surface area contributed by atoms with Crippen LogP contribution in [-0.4, -0.2) is 18.7 Å². The van der Waals surface area contributed by atoms with Gasteiger partial charge < -0.3 is 14.6 Å². The van der Waals surface area contributed by atoms with Gasteiger partial charge >= 0.3 is 18.9 Å². The van der Waals surface area contributed by atoms with Crippen molar-refractivity contribution in [2.24, 2.45) is 0 Å². The van der Waals surface area contributed by atoms with Gasteiger partial charge in [0.2, 0.25) is 0 Å². The van der Waals surface area contributed by atoms with Crippen LogP contribution in [0.5, 0.6) is 0 Å². The Bertz CT molecular complexity index is 188. The van der Waals surface area contributed by atoms with Crippen molar-refractivity contribution in [1.29, 1.82) is 0 Å². The van der Waals surface area contributed by atoms with Crippen LogP contribution in [0.1, 0.15) is 13.8 Å². The van der Waals surface area contributed by atoms with Crippen LogP contribution in [0.3, 0.4) is 0 Å². The first-order valence-corrected chi connectivity index (χ1v) is 2.77. The van der Waals surface area contributed by atoms with E-state index < -0.39 is 11.6 Å². The Morgan fingerprint density at radius 1 is 1.55 bits per heavy atom. The van der Waals surface area contributed by atoms with E-state index in [0.29, 0.717) is 0 Å². The Kier molecular flexibility index (Phi) is 6.32. The zero-order valence-electron chi connectivity index (χ0n) is 7.22. The number of carbonyl (C=O) groups is 1. The summed E-state index contributed by atoms with van der Waals surface area (Å²) in [4.78, 5) is 9.82. The van der Waals surface area contributed by atoms with E-state index in [9.17, 15) is 9.90 Å². The Morgan fingerprint density at radius 3 is 2.27 bits per heavy atom. The minimum Gasteiger partial charge on any atom is -0.537 e. The summed E-state index contributed by atoms with van der Waals surface area (Å²) in [5.74, 6) is 2.86. The van der Waals surface area contributed by atoms with E-state index in [1.54, 1.807) is 13.8 Å². The molecular weight excluding hydrogens is 139 g/mol. The van der Waals surface area contributed by atoms with Gasteiger partial charge in [-0.05, 0) is 19.8 Å². The molecule has 0 spiro atoms. The summed E-state index contributed by atoms with van der Waals surface area (Å²) in [6.45, 7) is 3.34. The molecule has 0 unspecified atom stereocenters. The van der Waals surface area contributed by atoms with Crippen molar-refractivity contribution in [2.45, 2.75) is 19.4 Å². The molecule has 0 aliphatic heterocycles. The number of aliphatic carboxylic acids is 1. The Morgan fingerprint density at radius 2 is 2.00 bits per heavy atom. The van der Waals surface area contributed by atoms with Gasteiger partial charge in [-0.2, -0.15) is 0 Å². The molecule has 0 saturated heterocycles. The number of carboxylic acids is 1. The first kappa shape index (κ1) is 13.2. The van der Waals surface area contributed by atoms with Crippen molar-refractivity contribution in [3.8, 4) is 11.8 Å². The van der Waals surface area contributed by atoms with Crippen LogP contribution < -0.4 is 24.0 Å². The van der Waals surface area contributed by atoms with Crippen molar-refractivity contribution < 1.29 is 33.5 Å². The number of carboxylic acid groups (broad SMARTS) is 1.